The number of aryl methyl sites for hydroxylation is 2. The minimum absolute atomic E-state index is 0.0534. The Morgan fingerprint density at radius 2 is 1.93 bits per heavy atom. The summed E-state index contributed by atoms with van der Waals surface area (Å²) < 4.78 is 7.53. The molecule has 3 heterocycles. The lowest BCUT2D eigenvalue weighted by Gasteiger charge is -2.11. The van der Waals surface area contributed by atoms with Crippen LogP contribution in [0.4, 0.5) is 5.95 Å². The molecule has 3 N–H and O–H groups in total. The molecule has 9 heteroatoms. The fourth-order valence-corrected chi connectivity index (χ4v) is 3.01. The van der Waals surface area contributed by atoms with Gasteiger partial charge in [0.05, 0.1) is 5.56 Å². The molecule has 2 aromatic heterocycles. The Morgan fingerprint density at radius 1 is 1.11 bits per heavy atom. The van der Waals surface area contributed by atoms with Crippen molar-refractivity contribution in [1.82, 2.24) is 19.7 Å². The third-order valence-electron chi connectivity index (χ3n) is 4.37. The van der Waals surface area contributed by atoms with E-state index in [-0.39, 0.29) is 28.7 Å². The molecule has 142 valence electrons. The van der Waals surface area contributed by atoms with Crippen molar-refractivity contribution in [2.75, 3.05) is 5.32 Å². The number of ether oxygens (including phenoxy) is 1. The van der Waals surface area contributed by atoms with Gasteiger partial charge in [-0.1, -0.05) is 12.1 Å². The predicted molar refractivity (Wildman–Crippen MR) is 100 cm³/mol. The van der Waals surface area contributed by atoms with Crippen LogP contribution in [-0.4, -0.2) is 31.6 Å². The van der Waals surface area contributed by atoms with Gasteiger partial charge in [-0.05, 0) is 37.1 Å². The molecule has 0 unspecified atom stereocenters. The third kappa shape index (κ3) is 3.54. The Bertz CT molecular complexity index is 1020. The average molecular weight is 378 g/mol. The molecule has 28 heavy (non-hydrogen) atoms. The number of carbonyl (C=O) groups is 2. The minimum atomic E-state index is -0.634. The highest BCUT2D eigenvalue weighted by Gasteiger charge is 2.20. The topological polar surface area (TPSA) is 125 Å². The summed E-state index contributed by atoms with van der Waals surface area (Å²) in [6, 6.07) is 9.68. The second-order valence-corrected chi connectivity index (χ2v) is 6.30. The Morgan fingerprint density at radius 3 is 2.75 bits per heavy atom. The lowest BCUT2D eigenvalue weighted by atomic mass is 10.2. The van der Waals surface area contributed by atoms with Crippen LogP contribution in [0.3, 0.4) is 0 Å². The van der Waals surface area contributed by atoms with Gasteiger partial charge in [0.25, 0.3) is 11.8 Å². The molecule has 0 aliphatic carbocycles. The molecule has 2 amide bonds. The number of para-hydroxylation sites is 1. The lowest BCUT2D eigenvalue weighted by Crippen LogP contribution is -2.16. The maximum absolute atomic E-state index is 12.7. The van der Waals surface area contributed by atoms with Gasteiger partial charge in [-0.3, -0.25) is 14.9 Å². The van der Waals surface area contributed by atoms with Crippen molar-refractivity contribution in [3.63, 3.8) is 0 Å². The molecule has 1 aromatic carbocycles. The van der Waals surface area contributed by atoms with E-state index in [1.807, 2.05) is 4.68 Å². The molecule has 0 saturated carbocycles. The Hall–Kier alpha value is -3.75. The monoisotopic (exact) mass is 378 g/mol. The molecule has 0 radical (unpaired) electrons. The second kappa shape index (κ2) is 7.47. The van der Waals surface area contributed by atoms with Gasteiger partial charge in [-0.25, -0.2) is 9.67 Å². The van der Waals surface area contributed by atoms with E-state index in [0.717, 1.165) is 31.6 Å². The van der Waals surface area contributed by atoms with Crippen molar-refractivity contribution >= 4 is 17.8 Å². The predicted octanol–water partition coefficient (Wildman–Crippen LogP) is 2.15. The van der Waals surface area contributed by atoms with Gasteiger partial charge in [0, 0.05) is 19.2 Å². The standard InChI is InChI=1S/C19H18N6O3/c20-16(26)12-6-1-2-8-14(12)28-18-13(7-5-10-21-18)17(27)23-19-22-15-9-3-4-11-25(15)24-19/h1-2,5-8,10H,3-4,9,11H2,(H2,20,26)(H,23,24,27). The van der Waals surface area contributed by atoms with Crippen molar-refractivity contribution in [2.24, 2.45) is 5.73 Å². The molecule has 0 atom stereocenters. The number of carbonyl (C=O) groups excluding carboxylic acids is 2. The van der Waals surface area contributed by atoms with Gasteiger partial charge >= 0.3 is 0 Å². The third-order valence-corrected chi connectivity index (χ3v) is 4.37. The smallest absolute Gasteiger partial charge is 0.263 e. The highest BCUT2D eigenvalue weighted by molar-refractivity contribution is 6.05. The Kier molecular flexibility index (Phi) is 4.71. The summed E-state index contributed by atoms with van der Waals surface area (Å²) in [7, 11) is 0. The van der Waals surface area contributed by atoms with Crippen molar-refractivity contribution in [3.05, 3.63) is 59.5 Å². The first-order valence-corrected chi connectivity index (χ1v) is 8.88. The van der Waals surface area contributed by atoms with Crippen LogP contribution >= 0.6 is 0 Å². The van der Waals surface area contributed by atoms with Gasteiger partial charge in [-0.2, -0.15) is 4.98 Å². The SMILES string of the molecule is NC(=O)c1ccccc1Oc1ncccc1C(=O)Nc1nc2n(n1)CCCC2. The molecule has 3 aromatic rings. The number of rotatable bonds is 5. The first kappa shape index (κ1) is 17.7. The summed E-state index contributed by atoms with van der Waals surface area (Å²) >= 11 is 0. The molecule has 9 nitrogen and oxygen atoms in total. The van der Waals surface area contributed by atoms with Gasteiger partial charge in [-0.15, -0.1) is 5.10 Å². The van der Waals surface area contributed by atoms with Gasteiger partial charge < -0.3 is 10.5 Å². The molecular formula is C19H18N6O3. The van der Waals surface area contributed by atoms with Gasteiger partial charge in [0.1, 0.15) is 17.1 Å². The van der Waals surface area contributed by atoms with E-state index in [9.17, 15) is 9.59 Å². The van der Waals surface area contributed by atoms with E-state index in [4.69, 9.17) is 10.5 Å². The Labute approximate surface area is 160 Å². The molecule has 1 aliphatic rings. The van der Waals surface area contributed by atoms with Crippen molar-refractivity contribution in [2.45, 2.75) is 25.8 Å². The number of anilines is 1. The van der Waals surface area contributed by atoms with Crippen LogP contribution in [0, 0.1) is 0 Å². The quantitative estimate of drug-likeness (QED) is 0.701. The molecule has 0 bridgehead atoms. The van der Waals surface area contributed by atoms with Crippen LogP contribution in [0.15, 0.2) is 42.6 Å². The normalized spacial score (nSPS) is 12.9. The number of nitrogens with two attached hydrogens (primary N) is 1. The second-order valence-electron chi connectivity index (χ2n) is 6.30. The van der Waals surface area contributed by atoms with E-state index in [2.05, 4.69) is 20.4 Å². The number of amides is 2. The zero-order chi connectivity index (χ0) is 19.5. The maximum Gasteiger partial charge on any atom is 0.263 e. The zero-order valence-corrected chi connectivity index (χ0v) is 15.0. The van der Waals surface area contributed by atoms with Crippen LogP contribution < -0.4 is 15.8 Å². The summed E-state index contributed by atoms with van der Waals surface area (Å²) in [5.41, 5.74) is 5.77. The van der Waals surface area contributed by atoms with E-state index >= 15 is 0 Å². The van der Waals surface area contributed by atoms with Crippen molar-refractivity contribution in [1.29, 1.82) is 0 Å². The van der Waals surface area contributed by atoms with Crippen molar-refractivity contribution in [3.8, 4) is 11.6 Å². The minimum Gasteiger partial charge on any atom is -0.437 e. The molecular weight excluding hydrogens is 360 g/mol. The summed E-state index contributed by atoms with van der Waals surface area (Å²) in [4.78, 5) is 32.8. The average Bonchev–Trinajstić information content (AvgIpc) is 3.11. The molecule has 4 rings (SSSR count). The molecule has 0 fully saturated rings. The summed E-state index contributed by atoms with van der Waals surface area (Å²) in [6.07, 6.45) is 4.44. The van der Waals surface area contributed by atoms with Crippen LogP contribution in [0.5, 0.6) is 11.6 Å². The van der Waals surface area contributed by atoms with E-state index in [1.165, 1.54) is 6.20 Å². The fraction of sp³-hybridized carbons (Fsp3) is 0.211. The van der Waals surface area contributed by atoms with Crippen LogP contribution in [0.1, 0.15) is 39.4 Å². The number of primary amides is 1. The van der Waals surface area contributed by atoms with E-state index in [0.29, 0.717) is 0 Å². The molecule has 0 saturated heterocycles. The highest BCUT2D eigenvalue weighted by Crippen LogP contribution is 2.26. The zero-order valence-electron chi connectivity index (χ0n) is 15.0. The number of nitrogens with one attached hydrogen (secondary N) is 1. The fourth-order valence-electron chi connectivity index (χ4n) is 3.01. The Balaban J connectivity index is 1.58. The number of nitrogens with zero attached hydrogens (tertiary/aromatic N) is 4. The number of pyridine rings is 1. The lowest BCUT2D eigenvalue weighted by molar-refractivity contribution is 0.0997. The van der Waals surface area contributed by atoms with E-state index in [1.54, 1.807) is 36.4 Å². The number of benzene rings is 1. The number of hydrogen-bond donors (Lipinski definition) is 2. The maximum atomic E-state index is 12.7. The van der Waals surface area contributed by atoms with Crippen molar-refractivity contribution < 1.29 is 14.3 Å². The number of hydrogen-bond acceptors (Lipinski definition) is 6. The van der Waals surface area contributed by atoms with Gasteiger partial charge in [0.2, 0.25) is 11.8 Å². The largest absolute Gasteiger partial charge is 0.437 e. The van der Waals surface area contributed by atoms with Gasteiger partial charge in [0.15, 0.2) is 0 Å². The van der Waals surface area contributed by atoms with Crippen LogP contribution in [0.2, 0.25) is 0 Å². The summed E-state index contributed by atoms with van der Waals surface area (Å²) in [5, 5.41) is 7.00. The highest BCUT2D eigenvalue weighted by atomic mass is 16.5. The molecule has 0 spiro atoms. The number of fused-ring (bicyclic) bond motifs is 1. The van der Waals surface area contributed by atoms with Crippen LogP contribution in [0.25, 0.3) is 0 Å². The number of aromatic nitrogens is 4. The van der Waals surface area contributed by atoms with E-state index < -0.39 is 11.8 Å². The first-order chi connectivity index (χ1) is 13.6. The first-order valence-electron chi connectivity index (χ1n) is 8.88. The summed E-state index contributed by atoms with van der Waals surface area (Å²) in [6.45, 7) is 0.795. The summed E-state index contributed by atoms with van der Waals surface area (Å²) in [5.74, 6) is 0.290. The van der Waals surface area contributed by atoms with Crippen LogP contribution in [-0.2, 0) is 13.0 Å². The molecule has 1 aliphatic heterocycles.